The molecule has 4 heteroatoms. The number of nitrogens with one attached hydrogen (secondary N) is 1. The van der Waals surface area contributed by atoms with E-state index in [1.165, 1.54) is 4.90 Å². The Morgan fingerprint density at radius 1 is 1.33 bits per heavy atom. The highest BCUT2D eigenvalue weighted by Gasteiger charge is 2.41. The summed E-state index contributed by atoms with van der Waals surface area (Å²) in [5.74, 6) is 0.875. The number of benzene rings is 1. The van der Waals surface area contributed by atoms with Crippen LogP contribution in [0.3, 0.4) is 0 Å². The number of aliphatic hydroxyl groups excluding tert-OH is 1. The molecule has 2 rings (SSSR count). The SMILES string of the molecule is O=C(CCSc1ccccc1)NCC1(CO)CC1. The third-order valence-corrected chi connectivity index (χ3v) is 4.31. The standard InChI is InChI=1S/C14H19NO2S/c16-11-14(7-8-14)10-15-13(17)6-9-18-12-4-2-1-3-5-12/h1-5,16H,6-11H2,(H,15,17). The van der Waals surface area contributed by atoms with Gasteiger partial charge < -0.3 is 10.4 Å². The molecule has 1 fully saturated rings. The first-order valence-corrected chi connectivity index (χ1v) is 7.28. The number of hydrogen-bond acceptors (Lipinski definition) is 3. The summed E-state index contributed by atoms with van der Waals surface area (Å²) in [4.78, 5) is 12.8. The summed E-state index contributed by atoms with van der Waals surface area (Å²) in [7, 11) is 0. The van der Waals surface area contributed by atoms with Crippen LogP contribution in [0.1, 0.15) is 19.3 Å². The number of hydrogen-bond donors (Lipinski definition) is 2. The Morgan fingerprint density at radius 2 is 2.06 bits per heavy atom. The smallest absolute Gasteiger partial charge is 0.220 e. The molecule has 1 amide bonds. The molecule has 0 saturated heterocycles. The van der Waals surface area contributed by atoms with Crippen molar-refractivity contribution in [1.82, 2.24) is 5.32 Å². The minimum Gasteiger partial charge on any atom is -0.396 e. The average molecular weight is 265 g/mol. The van der Waals surface area contributed by atoms with Crippen molar-refractivity contribution in [3.63, 3.8) is 0 Å². The lowest BCUT2D eigenvalue weighted by atomic mass is 10.1. The average Bonchev–Trinajstić information content (AvgIpc) is 3.18. The highest BCUT2D eigenvalue weighted by molar-refractivity contribution is 7.99. The van der Waals surface area contributed by atoms with Crippen molar-refractivity contribution in [2.24, 2.45) is 5.41 Å². The van der Waals surface area contributed by atoms with E-state index in [0.29, 0.717) is 13.0 Å². The zero-order valence-electron chi connectivity index (χ0n) is 10.4. The van der Waals surface area contributed by atoms with Gasteiger partial charge in [-0.05, 0) is 25.0 Å². The van der Waals surface area contributed by atoms with E-state index in [0.717, 1.165) is 18.6 Å². The van der Waals surface area contributed by atoms with Crippen molar-refractivity contribution in [2.45, 2.75) is 24.2 Å². The van der Waals surface area contributed by atoms with Crippen LogP contribution < -0.4 is 5.32 Å². The van der Waals surface area contributed by atoms with Crippen LogP contribution in [0.5, 0.6) is 0 Å². The lowest BCUT2D eigenvalue weighted by Gasteiger charge is -2.12. The van der Waals surface area contributed by atoms with E-state index in [1.807, 2.05) is 30.3 Å². The molecule has 0 aromatic heterocycles. The molecule has 18 heavy (non-hydrogen) atoms. The molecule has 1 aromatic rings. The lowest BCUT2D eigenvalue weighted by Crippen LogP contribution is -2.31. The van der Waals surface area contributed by atoms with Gasteiger partial charge in [0.25, 0.3) is 0 Å². The fourth-order valence-electron chi connectivity index (χ4n) is 1.72. The van der Waals surface area contributed by atoms with Crippen molar-refractivity contribution >= 4 is 17.7 Å². The first kappa shape index (κ1) is 13.4. The summed E-state index contributed by atoms with van der Waals surface area (Å²) in [5.41, 5.74) is 0.00222. The molecule has 1 aliphatic carbocycles. The van der Waals surface area contributed by atoms with Crippen molar-refractivity contribution in [3.05, 3.63) is 30.3 Å². The van der Waals surface area contributed by atoms with Crippen LogP contribution >= 0.6 is 11.8 Å². The molecule has 1 saturated carbocycles. The van der Waals surface area contributed by atoms with Gasteiger partial charge in [-0.25, -0.2) is 0 Å². The van der Waals surface area contributed by atoms with E-state index < -0.39 is 0 Å². The van der Waals surface area contributed by atoms with Gasteiger partial charge in [0.05, 0.1) is 6.61 Å². The summed E-state index contributed by atoms with van der Waals surface area (Å²) < 4.78 is 0. The second-order valence-electron chi connectivity index (χ2n) is 4.85. The second kappa shape index (κ2) is 6.25. The highest BCUT2D eigenvalue weighted by atomic mass is 32.2. The van der Waals surface area contributed by atoms with Gasteiger partial charge in [0, 0.05) is 29.0 Å². The number of carbonyl (C=O) groups excluding carboxylic acids is 1. The van der Waals surface area contributed by atoms with Gasteiger partial charge in [-0.2, -0.15) is 0 Å². The molecular formula is C14H19NO2S. The van der Waals surface area contributed by atoms with Crippen molar-refractivity contribution in [3.8, 4) is 0 Å². The van der Waals surface area contributed by atoms with Crippen LogP contribution in [0.2, 0.25) is 0 Å². The predicted molar refractivity (Wildman–Crippen MR) is 73.5 cm³/mol. The summed E-state index contributed by atoms with van der Waals surface area (Å²) in [6.07, 6.45) is 2.59. The van der Waals surface area contributed by atoms with Crippen molar-refractivity contribution in [1.29, 1.82) is 0 Å². The van der Waals surface area contributed by atoms with Gasteiger partial charge in [0.1, 0.15) is 0 Å². The Labute approximate surface area is 112 Å². The van der Waals surface area contributed by atoms with Gasteiger partial charge in [0.15, 0.2) is 0 Å². The zero-order chi connectivity index (χ0) is 12.8. The Bertz CT molecular complexity index is 390. The van der Waals surface area contributed by atoms with Crippen LogP contribution in [-0.4, -0.2) is 29.9 Å². The maximum absolute atomic E-state index is 11.6. The number of aliphatic hydroxyl groups is 1. The molecule has 3 nitrogen and oxygen atoms in total. The van der Waals surface area contributed by atoms with E-state index >= 15 is 0 Å². The minimum absolute atomic E-state index is 0.00222. The van der Waals surface area contributed by atoms with Crippen LogP contribution in [0.15, 0.2) is 35.2 Å². The molecule has 0 heterocycles. The number of thioether (sulfide) groups is 1. The molecule has 0 spiro atoms. The van der Waals surface area contributed by atoms with Gasteiger partial charge >= 0.3 is 0 Å². The summed E-state index contributed by atoms with van der Waals surface area (Å²) in [6.45, 7) is 0.810. The highest BCUT2D eigenvalue weighted by Crippen LogP contribution is 2.44. The number of carbonyl (C=O) groups is 1. The topological polar surface area (TPSA) is 49.3 Å². The fourth-order valence-corrected chi connectivity index (χ4v) is 2.59. The first-order valence-electron chi connectivity index (χ1n) is 6.30. The predicted octanol–water partition coefficient (Wildman–Crippen LogP) is 2.06. The molecule has 0 unspecified atom stereocenters. The van der Waals surface area contributed by atoms with E-state index in [2.05, 4.69) is 5.32 Å². The van der Waals surface area contributed by atoms with Crippen molar-refractivity contribution < 1.29 is 9.90 Å². The monoisotopic (exact) mass is 265 g/mol. The van der Waals surface area contributed by atoms with Gasteiger partial charge in [-0.1, -0.05) is 18.2 Å². The zero-order valence-corrected chi connectivity index (χ0v) is 11.2. The molecular weight excluding hydrogens is 246 g/mol. The first-order chi connectivity index (χ1) is 8.74. The normalized spacial score (nSPS) is 16.3. The number of rotatable bonds is 7. The molecule has 2 N–H and O–H groups in total. The van der Waals surface area contributed by atoms with E-state index in [4.69, 9.17) is 5.11 Å². The maximum atomic E-state index is 11.6. The largest absolute Gasteiger partial charge is 0.396 e. The van der Waals surface area contributed by atoms with Gasteiger partial charge in [-0.15, -0.1) is 11.8 Å². The molecule has 98 valence electrons. The van der Waals surface area contributed by atoms with Crippen LogP contribution in [0.4, 0.5) is 0 Å². The van der Waals surface area contributed by atoms with E-state index in [9.17, 15) is 4.79 Å². The molecule has 0 radical (unpaired) electrons. The lowest BCUT2D eigenvalue weighted by molar-refractivity contribution is -0.121. The van der Waals surface area contributed by atoms with Crippen LogP contribution in [-0.2, 0) is 4.79 Å². The molecule has 1 aliphatic rings. The third kappa shape index (κ3) is 4.03. The Balaban J connectivity index is 1.60. The fraction of sp³-hybridized carbons (Fsp3) is 0.500. The van der Waals surface area contributed by atoms with Crippen LogP contribution in [0, 0.1) is 5.41 Å². The molecule has 0 bridgehead atoms. The van der Waals surface area contributed by atoms with E-state index in [-0.39, 0.29) is 17.9 Å². The summed E-state index contributed by atoms with van der Waals surface area (Å²) >= 11 is 1.69. The summed E-state index contributed by atoms with van der Waals surface area (Å²) in [6, 6.07) is 10.1. The molecule has 0 aliphatic heterocycles. The number of amides is 1. The van der Waals surface area contributed by atoms with Crippen molar-refractivity contribution in [2.75, 3.05) is 18.9 Å². The van der Waals surface area contributed by atoms with Gasteiger partial charge in [-0.3, -0.25) is 4.79 Å². The quantitative estimate of drug-likeness (QED) is 0.742. The summed E-state index contributed by atoms with van der Waals surface area (Å²) in [5, 5.41) is 12.0. The molecule has 1 aromatic carbocycles. The minimum atomic E-state index is 0.00222. The van der Waals surface area contributed by atoms with E-state index in [1.54, 1.807) is 11.8 Å². The molecule has 0 atom stereocenters. The Kier molecular flexibility index (Phi) is 4.66. The van der Waals surface area contributed by atoms with Crippen LogP contribution in [0.25, 0.3) is 0 Å². The van der Waals surface area contributed by atoms with Gasteiger partial charge in [0.2, 0.25) is 5.91 Å². The Morgan fingerprint density at radius 3 is 2.67 bits per heavy atom. The third-order valence-electron chi connectivity index (χ3n) is 3.29. The maximum Gasteiger partial charge on any atom is 0.220 e. The Hall–Kier alpha value is -1.00. The second-order valence-corrected chi connectivity index (χ2v) is 6.01.